The maximum atomic E-state index is 9.00. The number of rotatable bonds is 0. The highest BCUT2D eigenvalue weighted by molar-refractivity contribution is 5.64. The van der Waals surface area contributed by atoms with E-state index in [9.17, 15) is 0 Å². The van der Waals surface area contributed by atoms with Crippen molar-refractivity contribution in [1.82, 2.24) is 0 Å². The Morgan fingerprint density at radius 1 is 0.265 bits per heavy atom. The van der Waals surface area contributed by atoms with Gasteiger partial charge in [-0.1, -0.05) is 41.5 Å². The summed E-state index contributed by atoms with van der Waals surface area (Å²) in [6, 6.07) is 0. The van der Waals surface area contributed by atoms with E-state index in [1.807, 2.05) is 41.5 Å². The molecule has 0 radical (unpaired) electrons. The fourth-order valence-corrected chi connectivity index (χ4v) is 0. The zero-order valence-electron chi connectivity index (χ0n) is 22.5. The standard InChI is InChI=1S/7C2H4O2.3C2H6/c7*1-2(3)4;3*1-2/h7*1H3,(H,3,4);3*1-2H3. The molecular formula is C20H46O14. The first-order chi connectivity index (χ1) is 15.1. The summed E-state index contributed by atoms with van der Waals surface area (Å²) in [4.78, 5) is 63.0. The fourth-order valence-electron chi connectivity index (χ4n) is 0. The predicted octanol–water partition coefficient (Wildman–Crippen LogP) is 3.71. The van der Waals surface area contributed by atoms with E-state index in [1.54, 1.807) is 0 Å². The van der Waals surface area contributed by atoms with E-state index in [-0.39, 0.29) is 0 Å². The van der Waals surface area contributed by atoms with E-state index in [1.165, 1.54) is 0 Å². The third-order valence-electron chi connectivity index (χ3n) is 0. The van der Waals surface area contributed by atoms with Crippen molar-refractivity contribution in [3.8, 4) is 0 Å². The van der Waals surface area contributed by atoms with Gasteiger partial charge in [0.2, 0.25) is 0 Å². The zero-order chi connectivity index (χ0) is 31.0. The van der Waals surface area contributed by atoms with Gasteiger partial charge in [-0.05, 0) is 0 Å². The van der Waals surface area contributed by atoms with E-state index >= 15 is 0 Å². The minimum absolute atomic E-state index is 0.833. The largest absolute Gasteiger partial charge is 0.481 e. The van der Waals surface area contributed by atoms with Gasteiger partial charge < -0.3 is 35.7 Å². The van der Waals surface area contributed by atoms with Gasteiger partial charge in [-0.25, -0.2) is 0 Å². The lowest BCUT2D eigenvalue weighted by atomic mass is 10.9. The second-order valence-corrected chi connectivity index (χ2v) is 3.63. The summed E-state index contributed by atoms with van der Waals surface area (Å²) in [6.45, 7) is 19.6. The first kappa shape index (κ1) is 63.1. The lowest BCUT2D eigenvalue weighted by Crippen LogP contribution is -1.78. The summed E-state index contributed by atoms with van der Waals surface area (Å²) in [6.07, 6.45) is 0. The van der Waals surface area contributed by atoms with Gasteiger partial charge in [-0.15, -0.1) is 0 Å². The van der Waals surface area contributed by atoms with Crippen LogP contribution in [0.25, 0.3) is 0 Å². The van der Waals surface area contributed by atoms with Gasteiger partial charge in [-0.2, -0.15) is 0 Å². The SMILES string of the molecule is CC.CC.CC.CC(=O)O.CC(=O)O.CC(=O)O.CC(=O)O.CC(=O)O.CC(=O)O.CC(=O)O. The highest BCUT2D eigenvalue weighted by atomic mass is 16.4. The summed E-state index contributed by atoms with van der Waals surface area (Å²) in [5, 5.41) is 51.9. The van der Waals surface area contributed by atoms with Crippen LogP contribution in [0.3, 0.4) is 0 Å². The molecule has 0 aliphatic carbocycles. The molecule has 0 aliphatic rings. The van der Waals surface area contributed by atoms with Crippen molar-refractivity contribution < 1.29 is 69.3 Å². The van der Waals surface area contributed by atoms with Crippen LogP contribution in [0.5, 0.6) is 0 Å². The number of hydrogen-bond acceptors (Lipinski definition) is 7. The Morgan fingerprint density at radius 2 is 0.265 bits per heavy atom. The maximum absolute atomic E-state index is 9.00. The molecule has 34 heavy (non-hydrogen) atoms. The number of aliphatic carboxylic acids is 7. The molecule has 14 heteroatoms. The third kappa shape index (κ3) is 1530. The zero-order valence-corrected chi connectivity index (χ0v) is 22.5. The third-order valence-corrected chi connectivity index (χ3v) is 0. The predicted molar refractivity (Wildman–Crippen MR) is 127 cm³/mol. The molecule has 14 nitrogen and oxygen atoms in total. The van der Waals surface area contributed by atoms with Crippen LogP contribution in [0, 0.1) is 0 Å². The molecule has 0 unspecified atom stereocenters. The Balaban J connectivity index is -0.0000000238. The molecule has 7 N–H and O–H groups in total. The van der Waals surface area contributed by atoms with Crippen molar-refractivity contribution in [3.05, 3.63) is 0 Å². The van der Waals surface area contributed by atoms with Crippen molar-refractivity contribution >= 4 is 41.8 Å². The first-order valence-electron chi connectivity index (χ1n) is 9.49. The normalized spacial score (nSPS) is 5.68. The number of hydrogen-bond donors (Lipinski definition) is 7. The molecule has 0 bridgehead atoms. The molecule has 0 heterocycles. The Morgan fingerprint density at radius 3 is 0.265 bits per heavy atom. The van der Waals surface area contributed by atoms with E-state index in [4.69, 9.17) is 69.3 Å². The van der Waals surface area contributed by atoms with Crippen molar-refractivity contribution in [1.29, 1.82) is 0 Å². The molecule has 0 aromatic carbocycles. The fraction of sp³-hybridized carbons (Fsp3) is 0.650. The van der Waals surface area contributed by atoms with Gasteiger partial charge >= 0.3 is 0 Å². The molecule has 0 aliphatic heterocycles. The van der Waals surface area contributed by atoms with Gasteiger partial charge in [0.1, 0.15) is 0 Å². The lowest BCUT2D eigenvalue weighted by molar-refractivity contribution is -0.135. The summed E-state index contributed by atoms with van der Waals surface area (Å²) in [5.74, 6) is -5.83. The summed E-state index contributed by atoms with van der Waals surface area (Å²) < 4.78 is 0. The smallest absolute Gasteiger partial charge is 0.300 e. The second-order valence-electron chi connectivity index (χ2n) is 3.63. The van der Waals surface area contributed by atoms with Crippen LogP contribution in [-0.4, -0.2) is 77.5 Å². The number of carboxylic acid groups (broad SMARTS) is 7. The monoisotopic (exact) mass is 510 g/mol. The van der Waals surface area contributed by atoms with Gasteiger partial charge in [0.15, 0.2) is 0 Å². The number of carbonyl (C=O) groups is 7. The molecule has 0 fully saturated rings. The van der Waals surface area contributed by atoms with E-state index in [0.29, 0.717) is 0 Å². The molecule has 0 atom stereocenters. The van der Waals surface area contributed by atoms with Gasteiger partial charge in [-0.3, -0.25) is 33.6 Å². The van der Waals surface area contributed by atoms with Crippen LogP contribution in [0.15, 0.2) is 0 Å². The Bertz CT molecular complexity index is 312. The minimum Gasteiger partial charge on any atom is -0.481 e. The lowest BCUT2D eigenvalue weighted by Gasteiger charge is -1.59. The molecule has 210 valence electrons. The van der Waals surface area contributed by atoms with Crippen LogP contribution in [0.2, 0.25) is 0 Å². The van der Waals surface area contributed by atoms with E-state index in [2.05, 4.69) is 0 Å². The molecule has 0 aromatic rings. The van der Waals surface area contributed by atoms with Crippen molar-refractivity contribution in [3.63, 3.8) is 0 Å². The highest BCUT2D eigenvalue weighted by Gasteiger charge is 1.67. The van der Waals surface area contributed by atoms with Crippen LogP contribution in [0.4, 0.5) is 0 Å². The number of carboxylic acids is 7. The second kappa shape index (κ2) is 78.4. The van der Waals surface area contributed by atoms with Crippen LogP contribution in [-0.2, 0) is 33.6 Å². The average molecular weight is 511 g/mol. The average Bonchev–Trinajstić information content (AvgIpc) is 2.56. The highest BCUT2D eigenvalue weighted by Crippen LogP contribution is 1.44. The molecule has 0 saturated heterocycles. The van der Waals surface area contributed by atoms with Crippen molar-refractivity contribution in [2.24, 2.45) is 0 Å². The van der Waals surface area contributed by atoms with E-state index < -0.39 is 41.8 Å². The molecular weight excluding hydrogens is 464 g/mol. The molecule has 0 aromatic heterocycles. The van der Waals surface area contributed by atoms with E-state index in [0.717, 1.165) is 48.5 Å². The Labute approximate surface area is 201 Å². The van der Waals surface area contributed by atoms with Gasteiger partial charge in [0.25, 0.3) is 41.8 Å². The Hall–Kier alpha value is -3.71. The molecule has 0 spiro atoms. The quantitative estimate of drug-likeness (QED) is 0.245. The Kier molecular flexibility index (Phi) is 146. The molecule has 0 rings (SSSR count). The van der Waals surface area contributed by atoms with Crippen molar-refractivity contribution in [2.75, 3.05) is 0 Å². The maximum Gasteiger partial charge on any atom is 0.300 e. The van der Waals surface area contributed by atoms with Crippen LogP contribution in [0.1, 0.15) is 90.0 Å². The summed E-state index contributed by atoms with van der Waals surface area (Å²) >= 11 is 0. The van der Waals surface area contributed by atoms with Gasteiger partial charge in [0.05, 0.1) is 0 Å². The molecule has 0 amide bonds. The minimum atomic E-state index is -0.833. The van der Waals surface area contributed by atoms with Crippen LogP contribution >= 0.6 is 0 Å². The van der Waals surface area contributed by atoms with Crippen molar-refractivity contribution in [2.45, 2.75) is 90.0 Å². The first-order valence-corrected chi connectivity index (χ1v) is 9.49. The van der Waals surface area contributed by atoms with Gasteiger partial charge in [0, 0.05) is 48.5 Å². The van der Waals surface area contributed by atoms with Crippen LogP contribution < -0.4 is 0 Å². The summed E-state index contributed by atoms with van der Waals surface area (Å²) in [5.41, 5.74) is 0. The topological polar surface area (TPSA) is 261 Å². The summed E-state index contributed by atoms with van der Waals surface area (Å²) in [7, 11) is 0. The molecule has 0 saturated carbocycles.